The number of carbonyl (C=O) groups excluding carboxylic acids is 2. The maximum Gasteiger partial charge on any atom is 0.272 e. The van der Waals surface area contributed by atoms with E-state index in [1.54, 1.807) is 29.2 Å². The minimum absolute atomic E-state index is 0.156. The smallest absolute Gasteiger partial charge is 0.272 e. The molecular weight excluding hydrogens is 359 g/mol. The molecule has 1 N–H and O–H groups in total. The number of halogens is 1. The molecule has 28 heavy (non-hydrogen) atoms. The molecule has 0 spiro atoms. The van der Waals surface area contributed by atoms with Gasteiger partial charge in [-0.3, -0.25) is 14.6 Å². The van der Waals surface area contributed by atoms with Gasteiger partial charge in [0.2, 0.25) is 0 Å². The Morgan fingerprint density at radius 3 is 2.61 bits per heavy atom. The molecular formula is C21H25FN4O2. The van der Waals surface area contributed by atoms with Crippen molar-refractivity contribution in [1.29, 1.82) is 0 Å². The van der Waals surface area contributed by atoms with E-state index in [-0.39, 0.29) is 23.3 Å². The van der Waals surface area contributed by atoms with Crippen LogP contribution in [0.2, 0.25) is 0 Å². The van der Waals surface area contributed by atoms with E-state index < -0.39 is 0 Å². The van der Waals surface area contributed by atoms with Crippen LogP contribution in [0.15, 0.2) is 42.6 Å². The molecule has 1 saturated heterocycles. The number of hydrogen-bond donors (Lipinski definition) is 1. The van der Waals surface area contributed by atoms with Crippen LogP contribution in [0.5, 0.6) is 0 Å². The Bertz CT molecular complexity index is 835. The maximum atomic E-state index is 13.6. The molecule has 1 aromatic carbocycles. The van der Waals surface area contributed by atoms with Gasteiger partial charge in [0, 0.05) is 44.5 Å². The Morgan fingerprint density at radius 1 is 1.14 bits per heavy atom. The van der Waals surface area contributed by atoms with E-state index in [0.29, 0.717) is 37.2 Å². The number of benzene rings is 1. The van der Waals surface area contributed by atoms with Crippen molar-refractivity contribution in [3.63, 3.8) is 0 Å². The first-order valence-corrected chi connectivity index (χ1v) is 9.57. The number of carbonyl (C=O) groups is 2. The van der Waals surface area contributed by atoms with Crippen LogP contribution < -0.4 is 5.32 Å². The topological polar surface area (TPSA) is 65.5 Å². The Hall–Kier alpha value is -2.80. The van der Waals surface area contributed by atoms with E-state index in [2.05, 4.69) is 22.1 Å². The average Bonchev–Trinajstić information content (AvgIpc) is 2.74. The van der Waals surface area contributed by atoms with Gasteiger partial charge in [0.1, 0.15) is 11.5 Å². The molecule has 1 fully saturated rings. The first-order chi connectivity index (χ1) is 13.6. The molecule has 0 aliphatic carbocycles. The summed E-state index contributed by atoms with van der Waals surface area (Å²) in [5.74, 6) is -0.739. The van der Waals surface area contributed by atoms with Gasteiger partial charge in [-0.15, -0.1) is 0 Å². The third-order valence-electron chi connectivity index (χ3n) is 4.99. The number of nitrogens with zero attached hydrogens (tertiary/aromatic N) is 3. The van der Waals surface area contributed by atoms with Crippen molar-refractivity contribution in [2.75, 3.05) is 39.3 Å². The normalized spacial score (nSPS) is 14.7. The molecule has 2 heterocycles. The maximum absolute atomic E-state index is 13.6. The number of piperazine rings is 1. The first kappa shape index (κ1) is 19.9. The number of nitrogens with one attached hydrogen (secondary N) is 1. The molecule has 1 aliphatic heterocycles. The van der Waals surface area contributed by atoms with E-state index in [4.69, 9.17) is 0 Å². The third kappa shape index (κ3) is 4.92. The van der Waals surface area contributed by atoms with Gasteiger partial charge in [-0.1, -0.05) is 25.1 Å². The number of pyridine rings is 1. The summed E-state index contributed by atoms with van der Waals surface area (Å²) < 4.78 is 13.6. The molecule has 7 heteroatoms. The van der Waals surface area contributed by atoms with Crippen LogP contribution in [0.3, 0.4) is 0 Å². The zero-order chi connectivity index (χ0) is 19.9. The number of hydrogen-bond acceptors (Lipinski definition) is 4. The largest absolute Gasteiger partial charge is 0.352 e. The number of likely N-dealkylation sites (N-methyl/N-ethyl adjacent to an activating group) is 1. The van der Waals surface area contributed by atoms with Crippen LogP contribution in [0.4, 0.5) is 4.39 Å². The van der Waals surface area contributed by atoms with Crippen LogP contribution in [0.25, 0.3) is 0 Å². The van der Waals surface area contributed by atoms with E-state index in [1.807, 2.05) is 0 Å². The summed E-state index contributed by atoms with van der Waals surface area (Å²) >= 11 is 0. The molecule has 148 valence electrons. The zero-order valence-electron chi connectivity index (χ0n) is 16.0. The zero-order valence-corrected chi connectivity index (χ0v) is 16.0. The van der Waals surface area contributed by atoms with Gasteiger partial charge in [0.25, 0.3) is 11.8 Å². The number of amides is 2. The Balaban J connectivity index is 1.57. The molecule has 0 unspecified atom stereocenters. The van der Waals surface area contributed by atoms with Crippen LogP contribution >= 0.6 is 0 Å². The monoisotopic (exact) mass is 384 g/mol. The molecule has 0 saturated carbocycles. The lowest BCUT2D eigenvalue weighted by Gasteiger charge is -2.33. The second-order valence-electron chi connectivity index (χ2n) is 6.75. The predicted octanol–water partition coefficient (Wildman–Crippen LogP) is 1.97. The second kappa shape index (κ2) is 9.41. The standard InChI is InChI=1S/C21H25FN4O2/c1-2-25-11-13-26(14-12-25)21(28)19-15-17(8-9-23-19)20(27)24-10-7-16-5-3-4-6-18(16)22/h3-6,8-9,15H,2,7,10-14H2,1H3,(H,24,27). The van der Waals surface area contributed by atoms with Crippen molar-refractivity contribution in [1.82, 2.24) is 20.1 Å². The number of aromatic nitrogens is 1. The lowest BCUT2D eigenvalue weighted by atomic mass is 10.1. The van der Waals surface area contributed by atoms with E-state index in [1.165, 1.54) is 18.3 Å². The molecule has 0 atom stereocenters. The van der Waals surface area contributed by atoms with Crippen molar-refractivity contribution in [3.05, 3.63) is 65.2 Å². The van der Waals surface area contributed by atoms with Crippen molar-refractivity contribution in [2.45, 2.75) is 13.3 Å². The van der Waals surface area contributed by atoms with E-state index >= 15 is 0 Å². The summed E-state index contributed by atoms with van der Waals surface area (Å²) in [6, 6.07) is 9.59. The first-order valence-electron chi connectivity index (χ1n) is 9.57. The lowest BCUT2D eigenvalue weighted by molar-refractivity contribution is 0.0637. The Labute approximate surface area is 164 Å². The molecule has 6 nitrogen and oxygen atoms in total. The SMILES string of the molecule is CCN1CCN(C(=O)c2cc(C(=O)NCCc3ccccc3F)ccn2)CC1. The van der Waals surface area contributed by atoms with Gasteiger partial charge in [0.15, 0.2) is 0 Å². The Kier molecular flexibility index (Phi) is 6.71. The minimum atomic E-state index is -0.302. The van der Waals surface area contributed by atoms with Crippen LogP contribution in [-0.4, -0.2) is 65.9 Å². The van der Waals surface area contributed by atoms with Gasteiger partial charge in [-0.25, -0.2) is 4.39 Å². The van der Waals surface area contributed by atoms with Gasteiger partial charge >= 0.3 is 0 Å². The van der Waals surface area contributed by atoms with Crippen molar-refractivity contribution in [2.24, 2.45) is 0 Å². The summed E-state index contributed by atoms with van der Waals surface area (Å²) in [6.07, 6.45) is 1.87. The lowest BCUT2D eigenvalue weighted by Crippen LogP contribution is -2.48. The highest BCUT2D eigenvalue weighted by atomic mass is 19.1. The molecule has 2 aromatic rings. The van der Waals surface area contributed by atoms with Crippen molar-refractivity contribution >= 4 is 11.8 Å². The highest BCUT2D eigenvalue weighted by molar-refractivity contribution is 5.98. The fourth-order valence-corrected chi connectivity index (χ4v) is 3.23. The minimum Gasteiger partial charge on any atom is -0.352 e. The molecule has 2 amide bonds. The quantitative estimate of drug-likeness (QED) is 0.827. The fourth-order valence-electron chi connectivity index (χ4n) is 3.23. The summed E-state index contributed by atoms with van der Waals surface area (Å²) in [5.41, 5.74) is 1.20. The summed E-state index contributed by atoms with van der Waals surface area (Å²) in [4.78, 5) is 33.3. The van der Waals surface area contributed by atoms with Gasteiger partial charge in [-0.2, -0.15) is 0 Å². The van der Waals surface area contributed by atoms with E-state index in [9.17, 15) is 14.0 Å². The van der Waals surface area contributed by atoms with Crippen LogP contribution in [-0.2, 0) is 6.42 Å². The van der Waals surface area contributed by atoms with Crippen molar-refractivity contribution < 1.29 is 14.0 Å². The summed E-state index contributed by atoms with van der Waals surface area (Å²) in [5, 5.41) is 2.77. The fraction of sp³-hybridized carbons (Fsp3) is 0.381. The molecule has 3 rings (SSSR count). The predicted molar refractivity (Wildman–Crippen MR) is 105 cm³/mol. The molecule has 1 aliphatic rings. The van der Waals surface area contributed by atoms with Crippen LogP contribution in [0, 0.1) is 5.82 Å². The summed E-state index contributed by atoms with van der Waals surface area (Å²) in [7, 11) is 0. The average molecular weight is 384 g/mol. The summed E-state index contributed by atoms with van der Waals surface area (Å²) in [6.45, 7) is 6.40. The second-order valence-corrected chi connectivity index (χ2v) is 6.75. The van der Waals surface area contributed by atoms with Gasteiger partial charge < -0.3 is 15.1 Å². The highest BCUT2D eigenvalue weighted by Gasteiger charge is 2.22. The molecule has 0 radical (unpaired) electrons. The number of rotatable bonds is 6. The van der Waals surface area contributed by atoms with E-state index in [0.717, 1.165) is 19.6 Å². The van der Waals surface area contributed by atoms with Crippen molar-refractivity contribution in [3.8, 4) is 0 Å². The Morgan fingerprint density at radius 2 is 1.89 bits per heavy atom. The highest BCUT2D eigenvalue weighted by Crippen LogP contribution is 2.10. The third-order valence-corrected chi connectivity index (χ3v) is 4.99. The van der Waals surface area contributed by atoms with Gasteiger partial charge in [0.05, 0.1) is 0 Å². The molecule has 0 bridgehead atoms. The van der Waals surface area contributed by atoms with Crippen LogP contribution in [0.1, 0.15) is 33.3 Å². The molecule has 1 aromatic heterocycles. The van der Waals surface area contributed by atoms with Gasteiger partial charge in [-0.05, 0) is 36.7 Å².